The van der Waals surface area contributed by atoms with Crippen LogP contribution in [-0.2, 0) is 0 Å². The standard InChI is InChI=1S/C12H23N3/c1-10-7-11(2)15(8-10)6-5-12(3,9-13)14-4/h10-11,14H,5-8H2,1-4H3. The Labute approximate surface area is 93.5 Å². The van der Waals surface area contributed by atoms with Crippen LogP contribution in [-0.4, -0.2) is 36.6 Å². The summed E-state index contributed by atoms with van der Waals surface area (Å²) in [4.78, 5) is 2.50. The lowest BCUT2D eigenvalue weighted by atomic mass is 10.00. The van der Waals surface area contributed by atoms with Gasteiger partial charge in [0.1, 0.15) is 5.54 Å². The van der Waals surface area contributed by atoms with Crippen LogP contribution in [0.15, 0.2) is 0 Å². The molecule has 15 heavy (non-hydrogen) atoms. The van der Waals surface area contributed by atoms with Gasteiger partial charge in [-0.2, -0.15) is 5.26 Å². The first kappa shape index (κ1) is 12.5. The van der Waals surface area contributed by atoms with Crippen molar-refractivity contribution in [1.82, 2.24) is 10.2 Å². The van der Waals surface area contributed by atoms with Crippen molar-refractivity contribution in [3.8, 4) is 6.07 Å². The molecule has 1 rings (SSSR count). The zero-order valence-corrected chi connectivity index (χ0v) is 10.4. The maximum atomic E-state index is 9.05. The van der Waals surface area contributed by atoms with Crippen LogP contribution in [0.5, 0.6) is 0 Å². The molecule has 0 aromatic rings. The molecule has 3 atom stereocenters. The van der Waals surface area contributed by atoms with E-state index in [2.05, 4.69) is 30.1 Å². The lowest BCUT2D eigenvalue weighted by Gasteiger charge is -2.26. The molecule has 0 aliphatic carbocycles. The van der Waals surface area contributed by atoms with Gasteiger partial charge in [-0.05, 0) is 39.7 Å². The lowest BCUT2D eigenvalue weighted by Crippen LogP contribution is -2.42. The zero-order valence-electron chi connectivity index (χ0n) is 10.4. The fraction of sp³-hybridized carbons (Fsp3) is 0.917. The van der Waals surface area contributed by atoms with Crippen molar-refractivity contribution in [3.63, 3.8) is 0 Å². The summed E-state index contributed by atoms with van der Waals surface area (Å²) >= 11 is 0. The van der Waals surface area contributed by atoms with E-state index < -0.39 is 0 Å². The average molecular weight is 209 g/mol. The number of rotatable bonds is 4. The summed E-state index contributed by atoms with van der Waals surface area (Å²) in [5, 5.41) is 12.1. The van der Waals surface area contributed by atoms with Gasteiger partial charge in [0.25, 0.3) is 0 Å². The zero-order chi connectivity index (χ0) is 11.5. The van der Waals surface area contributed by atoms with Crippen molar-refractivity contribution in [2.75, 3.05) is 20.1 Å². The molecule has 1 aliphatic rings. The minimum absolute atomic E-state index is 0.369. The molecule has 3 heteroatoms. The van der Waals surface area contributed by atoms with E-state index in [4.69, 9.17) is 5.26 Å². The fourth-order valence-electron chi connectivity index (χ4n) is 2.30. The van der Waals surface area contributed by atoms with E-state index in [1.54, 1.807) is 0 Å². The largest absolute Gasteiger partial charge is 0.303 e. The van der Waals surface area contributed by atoms with E-state index >= 15 is 0 Å². The molecule has 1 fully saturated rings. The maximum absolute atomic E-state index is 9.05. The van der Waals surface area contributed by atoms with Crippen molar-refractivity contribution < 1.29 is 0 Å². The van der Waals surface area contributed by atoms with Crippen molar-refractivity contribution >= 4 is 0 Å². The van der Waals surface area contributed by atoms with Gasteiger partial charge in [0.2, 0.25) is 0 Å². The molecule has 0 spiro atoms. The Morgan fingerprint density at radius 2 is 2.20 bits per heavy atom. The molecule has 3 unspecified atom stereocenters. The Hall–Kier alpha value is -0.590. The van der Waals surface area contributed by atoms with Gasteiger partial charge >= 0.3 is 0 Å². The molecule has 0 saturated carbocycles. The van der Waals surface area contributed by atoms with Crippen molar-refractivity contribution in [2.24, 2.45) is 5.92 Å². The number of likely N-dealkylation sites (tertiary alicyclic amines) is 1. The summed E-state index contributed by atoms with van der Waals surface area (Å²) in [5.74, 6) is 0.808. The van der Waals surface area contributed by atoms with Gasteiger partial charge in [0, 0.05) is 19.1 Å². The molecule has 86 valence electrons. The summed E-state index contributed by atoms with van der Waals surface area (Å²) in [6, 6.07) is 3.02. The third-order valence-corrected chi connectivity index (χ3v) is 3.61. The summed E-state index contributed by atoms with van der Waals surface area (Å²) in [6.45, 7) is 8.77. The number of hydrogen-bond donors (Lipinski definition) is 1. The number of nitrogens with one attached hydrogen (secondary N) is 1. The molecule has 0 aromatic heterocycles. The van der Waals surface area contributed by atoms with Crippen LogP contribution in [0.2, 0.25) is 0 Å². The molecular weight excluding hydrogens is 186 g/mol. The summed E-state index contributed by atoms with van der Waals surface area (Å²) < 4.78 is 0. The second-order valence-electron chi connectivity index (χ2n) is 5.13. The van der Waals surface area contributed by atoms with Crippen LogP contribution in [0.25, 0.3) is 0 Å². The van der Waals surface area contributed by atoms with Crippen molar-refractivity contribution in [2.45, 2.75) is 45.2 Å². The molecule has 1 N–H and O–H groups in total. The molecule has 3 nitrogen and oxygen atoms in total. The second kappa shape index (κ2) is 4.96. The molecule has 1 saturated heterocycles. The third kappa shape index (κ3) is 3.19. The van der Waals surface area contributed by atoms with Gasteiger partial charge in [0.15, 0.2) is 0 Å². The molecular formula is C12H23N3. The normalized spacial score (nSPS) is 31.1. The van der Waals surface area contributed by atoms with Gasteiger partial charge in [-0.1, -0.05) is 6.92 Å². The highest BCUT2D eigenvalue weighted by Gasteiger charge is 2.28. The maximum Gasteiger partial charge on any atom is 0.104 e. The number of hydrogen-bond acceptors (Lipinski definition) is 3. The first-order valence-corrected chi connectivity index (χ1v) is 5.85. The van der Waals surface area contributed by atoms with Crippen LogP contribution >= 0.6 is 0 Å². The van der Waals surface area contributed by atoms with Crippen molar-refractivity contribution in [3.05, 3.63) is 0 Å². The van der Waals surface area contributed by atoms with E-state index in [0.29, 0.717) is 6.04 Å². The SMILES string of the molecule is CNC(C)(C#N)CCN1CC(C)CC1C. The molecule has 1 aliphatic heterocycles. The van der Waals surface area contributed by atoms with Gasteiger partial charge < -0.3 is 10.2 Å². The third-order valence-electron chi connectivity index (χ3n) is 3.61. The quantitative estimate of drug-likeness (QED) is 0.764. The van der Waals surface area contributed by atoms with E-state index in [9.17, 15) is 0 Å². The van der Waals surface area contributed by atoms with Crippen LogP contribution < -0.4 is 5.32 Å². The number of nitriles is 1. The van der Waals surface area contributed by atoms with Crippen molar-refractivity contribution in [1.29, 1.82) is 5.26 Å². The van der Waals surface area contributed by atoms with Gasteiger partial charge in [-0.3, -0.25) is 0 Å². The Morgan fingerprint density at radius 3 is 2.60 bits per heavy atom. The Morgan fingerprint density at radius 1 is 1.53 bits per heavy atom. The predicted octanol–water partition coefficient (Wildman–Crippen LogP) is 1.61. The van der Waals surface area contributed by atoms with Gasteiger partial charge in [0.05, 0.1) is 6.07 Å². The Kier molecular flexibility index (Phi) is 4.12. The highest BCUT2D eigenvalue weighted by Crippen LogP contribution is 2.23. The topological polar surface area (TPSA) is 39.1 Å². The van der Waals surface area contributed by atoms with Crippen LogP contribution in [0.1, 0.15) is 33.6 Å². The minimum atomic E-state index is -0.369. The van der Waals surface area contributed by atoms with Crippen LogP contribution in [0, 0.1) is 17.2 Å². The Bertz CT molecular complexity index is 246. The smallest absolute Gasteiger partial charge is 0.104 e. The summed E-state index contributed by atoms with van der Waals surface area (Å²) in [5.41, 5.74) is -0.369. The monoisotopic (exact) mass is 209 g/mol. The fourth-order valence-corrected chi connectivity index (χ4v) is 2.30. The summed E-state index contributed by atoms with van der Waals surface area (Å²) in [6.07, 6.45) is 2.19. The van der Waals surface area contributed by atoms with Crippen LogP contribution in [0.4, 0.5) is 0 Å². The Balaban J connectivity index is 2.41. The first-order chi connectivity index (χ1) is 7.00. The van der Waals surface area contributed by atoms with E-state index in [0.717, 1.165) is 18.9 Å². The molecule has 1 heterocycles. The number of nitrogens with zero attached hydrogens (tertiary/aromatic N) is 2. The average Bonchev–Trinajstić information content (AvgIpc) is 2.54. The molecule has 0 radical (unpaired) electrons. The molecule has 0 bridgehead atoms. The molecule has 0 amide bonds. The van der Waals surface area contributed by atoms with E-state index in [1.807, 2.05) is 14.0 Å². The molecule has 0 aromatic carbocycles. The van der Waals surface area contributed by atoms with Gasteiger partial charge in [-0.25, -0.2) is 0 Å². The van der Waals surface area contributed by atoms with Gasteiger partial charge in [-0.15, -0.1) is 0 Å². The second-order valence-corrected chi connectivity index (χ2v) is 5.13. The first-order valence-electron chi connectivity index (χ1n) is 5.85. The predicted molar refractivity (Wildman–Crippen MR) is 62.5 cm³/mol. The summed E-state index contributed by atoms with van der Waals surface area (Å²) in [7, 11) is 1.86. The highest BCUT2D eigenvalue weighted by molar-refractivity contribution is 5.03. The highest BCUT2D eigenvalue weighted by atomic mass is 15.2. The lowest BCUT2D eigenvalue weighted by molar-refractivity contribution is 0.240. The van der Waals surface area contributed by atoms with E-state index in [-0.39, 0.29) is 5.54 Å². The minimum Gasteiger partial charge on any atom is -0.303 e. The van der Waals surface area contributed by atoms with Crippen LogP contribution in [0.3, 0.4) is 0 Å². The van der Waals surface area contributed by atoms with E-state index in [1.165, 1.54) is 13.0 Å².